The molecular weight excluding hydrogens is 184 g/mol. The summed E-state index contributed by atoms with van der Waals surface area (Å²) < 4.78 is 0. The Kier molecular flexibility index (Phi) is 4.58. The summed E-state index contributed by atoms with van der Waals surface area (Å²) in [6.45, 7) is 6.08. The van der Waals surface area contributed by atoms with Crippen LogP contribution in [0.1, 0.15) is 0 Å². The average molecular weight is 198 g/mol. The molecule has 0 saturated carbocycles. The van der Waals surface area contributed by atoms with Gasteiger partial charge in [-0.3, -0.25) is 14.5 Å². The second kappa shape index (κ2) is 5.18. The summed E-state index contributed by atoms with van der Waals surface area (Å²) >= 11 is 0. The van der Waals surface area contributed by atoms with Gasteiger partial charge in [0.25, 0.3) is 11.8 Å². The first-order valence-electron chi connectivity index (χ1n) is 3.91. The number of amides is 2. The zero-order valence-electron chi connectivity index (χ0n) is 8.36. The van der Waals surface area contributed by atoms with Crippen LogP contribution in [-0.4, -0.2) is 47.5 Å². The maximum Gasteiger partial charge on any atom is 0.269 e. The minimum absolute atomic E-state index is 0.0811. The van der Waals surface area contributed by atoms with E-state index >= 15 is 0 Å². The largest absolute Gasteiger partial charge is 0.376 e. The molecule has 2 amide bonds. The molecule has 5 nitrogen and oxygen atoms in total. The van der Waals surface area contributed by atoms with E-state index < -0.39 is 18.5 Å². The van der Waals surface area contributed by atoms with Crippen LogP contribution < -0.4 is 0 Å². The molecule has 5 heteroatoms. The third kappa shape index (κ3) is 2.70. The lowest BCUT2D eigenvalue weighted by Crippen LogP contribution is -2.37. The van der Waals surface area contributed by atoms with Gasteiger partial charge in [0.05, 0.1) is 0 Å². The number of hydrogen-bond donors (Lipinski definition) is 1. The second-order valence-electron chi connectivity index (χ2n) is 2.76. The zero-order chi connectivity index (χ0) is 11.3. The predicted octanol–water partition coefficient (Wildman–Crippen LogP) is -0.447. The van der Waals surface area contributed by atoms with Crippen molar-refractivity contribution in [3.8, 4) is 0 Å². The van der Waals surface area contributed by atoms with Gasteiger partial charge in [0, 0.05) is 14.1 Å². The molecular formula is C9H14N2O3. The van der Waals surface area contributed by atoms with Gasteiger partial charge in [-0.25, -0.2) is 0 Å². The molecule has 0 heterocycles. The number of carbonyl (C=O) groups is 2. The summed E-state index contributed by atoms with van der Waals surface area (Å²) in [7, 11) is 3.06. The van der Waals surface area contributed by atoms with Gasteiger partial charge < -0.3 is 10.0 Å². The molecule has 0 aliphatic rings. The van der Waals surface area contributed by atoms with Crippen LogP contribution in [0.2, 0.25) is 0 Å². The highest BCUT2D eigenvalue weighted by atomic mass is 16.3. The zero-order valence-corrected chi connectivity index (χ0v) is 8.36. The molecule has 0 rings (SSSR count). The third-order valence-electron chi connectivity index (χ3n) is 1.56. The first-order chi connectivity index (χ1) is 6.45. The normalized spacial score (nSPS) is 9.07. The van der Waals surface area contributed by atoms with Gasteiger partial charge in [-0.1, -0.05) is 13.2 Å². The van der Waals surface area contributed by atoms with Gasteiger partial charge in [0.1, 0.15) is 12.4 Å². The fraction of sp³-hybridized carbons (Fsp3) is 0.333. The van der Waals surface area contributed by atoms with Crippen molar-refractivity contribution >= 4 is 11.8 Å². The minimum Gasteiger partial charge on any atom is -0.376 e. The molecule has 78 valence electrons. The molecule has 0 unspecified atom stereocenters. The van der Waals surface area contributed by atoms with E-state index in [1.165, 1.54) is 19.0 Å². The highest BCUT2D eigenvalue weighted by Crippen LogP contribution is 2.04. The number of rotatable bonds is 4. The molecule has 0 radical (unpaired) electrons. The lowest BCUT2D eigenvalue weighted by atomic mass is 10.3. The van der Waals surface area contributed by atoms with E-state index in [-0.39, 0.29) is 5.70 Å². The fourth-order valence-corrected chi connectivity index (χ4v) is 0.772. The molecule has 0 aliphatic carbocycles. The number of likely N-dealkylation sites (N-methyl/N-ethyl adjacent to an activating group) is 1. The van der Waals surface area contributed by atoms with Crippen LogP contribution in [0, 0.1) is 0 Å². The Morgan fingerprint density at radius 1 is 1.43 bits per heavy atom. The van der Waals surface area contributed by atoms with Crippen LogP contribution in [0.25, 0.3) is 0 Å². The van der Waals surface area contributed by atoms with E-state index in [1.54, 1.807) is 0 Å². The molecule has 0 bridgehead atoms. The quantitative estimate of drug-likeness (QED) is 0.491. The maximum absolute atomic E-state index is 11.4. The monoisotopic (exact) mass is 198 g/mol. The molecule has 14 heavy (non-hydrogen) atoms. The van der Waals surface area contributed by atoms with E-state index in [4.69, 9.17) is 5.11 Å². The van der Waals surface area contributed by atoms with Crippen molar-refractivity contribution in [2.75, 3.05) is 20.8 Å². The van der Waals surface area contributed by atoms with Gasteiger partial charge in [-0.2, -0.15) is 0 Å². The van der Waals surface area contributed by atoms with Crippen LogP contribution in [0.15, 0.2) is 24.9 Å². The summed E-state index contributed by atoms with van der Waals surface area (Å²) in [5.41, 5.74) is -0.0811. The van der Waals surface area contributed by atoms with E-state index in [9.17, 15) is 9.59 Å². The van der Waals surface area contributed by atoms with Crippen LogP contribution in [0.5, 0.6) is 0 Å². The van der Waals surface area contributed by atoms with Crippen molar-refractivity contribution in [1.29, 1.82) is 0 Å². The van der Waals surface area contributed by atoms with Crippen molar-refractivity contribution < 1.29 is 14.7 Å². The van der Waals surface area contributed by atoms with E-state index in [0.717, 1.165) is 11.0 Å². The molecule has 0 fully saturated rings. The second-order valence-corrected chi connectivity index (χ2v) is 2.76. The van der Waals surface area contributed by atoms with Crippen molar-refractivity contribution in [3.05, 3.63) is 24.9 Å². The maximum atomic E-state index is 11.4. The number of aliphatic hydroxyl groups is 1. The number of nitrogens with zero attached hydrogens (tertiary/aromatic N) is 2. The Hall–Kier alpha value is -1.62. The van der Waals surface area contributed by atoms with E-state index in [0.29, 0.717) is 0 Å². The molecule has 0 spiro atoms. The van der Waals surface area contributed by atoms with Gasteiger partial charge in [0.2, 0.25) is 0 Å². The number of carbonyl (C=O) groups excluding carboxylic acids is 2. The Morgan fingerprint density at radius 3 is 2.21 bits per heavy atom. The summed E-state index contributed by atoms with van der Waals surface area (Å²) in [6, 6.07) is 0. The summed E-state index contributed by atoms with van der Waals surface area (Å²) in [6.07, 6.45) is 1.00. The van der Waals surface area contributed by atoms with Crippen LogP contribution in [0.4, 0.5) is 0 Å². The predicted molar refractivity (Wildman–Crippen MR) is 52.0 cm³/mol. The van der Waals surface area contributed by atoms with Crippen molar-refractivity contribution in [2.45, 2.75) is 0 Å². The molecule has 1 N–H and O–H groups in total. The highest BCUT2D eigenvalue weighted by Gasteiger charge is 2.19. The smallest absolute Gasteiger partial charge is 0.269 e. The Morgan fingerprint density at radius 2 is 1.93 bits per heavy atom. The molecule has 0 aromatic carbocycles. The van der Waals surface area contributed by atoms with Crippen molar-refractivity contribution in [3.63, 3.8) is 0 Å². The first-order valence-corrected chi connectivity index (χ1v) is 3.91. The lowest BCUT2D eigenvalue weighted by Gasteiger charge is -2.22. The molecule has 0 atom stereocenters. The van der Waals surface area contributed by atoms with Crippen molar-refractivity contribution in [2.24, 2.45) is 0 Å². The topological polar surface area (TPSA) is 60.9 Å². The fourth-order valence-electron chi connectivity index (χ4n) is 0.772. The van der Waals surface area contributed by atoms with Crippen molar-refractivity contribution in [1.82, 2.24) is 9.80 Å². The van der Waals surface area contributed by atoms with Gasteiger partial charge in [-0.15, -0.1) is 0 Å². The molecule has 0 aromatic rings. The average Bonchev–Trinajstić information content (AvgIpc) is 2.16. The lowest BCUT2D eigenvalue weighted by molar-refractivity contribution is -0.134. The van der Waals surface area contributed by atoms with E-state index in [1.807, 2.05) is 0 Å². The first kappa shape index (κ1) is 12.4. The Bertz CT molecular complexity index is 271. The number of hydrogen-bond acceptors (Lipinski definition) is 3. The minimum atomic E-state index is -0.594. The molecule has 0 saturated heterocycles. The Balaban J connectivity index is 4.71. The summed E-state index contributed by atoms with van der Waals surface area (Å²) in [5, 5.41) is 8.85. The third-order valence-corrected chi connectivity index (χ3v) is 1.56. The van der Waals surface area contributed by atoms with Gasteiger partial charge >= 0.3 is 0 Å². The molecule has 0 aromatic heterocycles. The van der Waals surface area contributed by atoms with Crippen LogP contribution >= 0.6 is 0 Å². The number of aliphatic hydroxyl groups excluding tert-OH is 1. The molecule has 0 aliphatic heterocycles. The SMILES string of the molecule is C=CC(=O)N(CO)C(=C)C(=O)N(C)C. The summed E-state index contributed by atoms with van der Waals surface area (Å²) in [5.74, 6) is -0.998. The summed E-state index contributed by atoms with van der Waals surface area (Å²) in [4.78, 5) is 24.6. The van der Waals surface area contributed by atoms with Crippen LogP contribution in [0.3, 0.4) is 0 Å². The Labute approximate surface area is 82.9 Å². The standard InChI is InChI=1S/C9H14N2O3/c1-5-8(13)11(6-12)7(2)9(14)10(3)4/h5,12H,1-2,6H2,3-4H3. The van der Waals surface area contributed by atoms with Gasteiger partial charge in [-0.05, 0) is 6.08 Å². The highest BCUT2D eigenvalue weighted by molar-refractivity contribution is 5.99. The van der Waals surface area contributed by atoms with E-state index in [2.05, 4.69) is 13.2 Å². The van der Waals surface area contributed by atoms with Gasteiger partial charge in [0.15, 0.2) is 0 Å². The van der Waals surface area contributed by atoms with Crippen LogP contribution in [-0.2, 0) is 9.59 Å².